The SMILES string of the molecule is [C-]#[N+]c1c[nH]c2ccc(C(CCO)c3ccccc3)cc12. The van der Waals surface area contributed by atoms with E-state index in [0.29, 0.717) is 12.1 Å². The molecule has 1 unspecified atom stereocenters. The average molecular weight is 276 g/mol. The first-order valence-corrected chi connectivity index (χ1v) is 6.98. The fourth-order valence-corrected chi connectivity index (χ4v) is 2.77. The normalized spacial score (nSPS) is 12.2. The summed E-state index contributed by atoms with van der Waals surface area (Å²) in [5.74, 6) is 0.147. The lowest BCUT2D eigenvalue weighted by atomic mass is 9.88. The van der Waals surface area contributed by atoms with Crippen molar-refractivity contribution in [3.63, 3.8) is 0 Å². The van der Waals surface area contributed by atoms with E-state index in [1.807, 2.05) is 24.3 Å². The number of fused-ring (bicyclic) bond motifs is 1. The minimum absolute atomic E-state index is 0.139. The Bertz CT molecular complexity index is 784. The van der Waals surface area contributed by atoms with Crippen LogP contribution in [0.1, 0.15) is 23.5 Å². The monoisotopic (exact) mass is 276 g/mol. The highest BCUT2D eigenvalue weighted by molar-refractivity contribution is 5.93. The van der Waals surface area contributed by atoms with Gasteiger partial charge in [0.2, 0.25) is 5.69 Å². The Morgan fingerprint density at radius 3 is 2.62 bits per heavy atom. The van der Waals surface area contributed by atoms with Crippen LogP contribution in [0.25, 0.3) is 15.7 Å². The van der Waals surface area contributed by atoms with E-state index in [-0.39, 0.29) is 12.5 Å². The minimum Gasteiger partial charge on any atom is -0.396 e. The molecule has 0 aliphatic rings. The van der Waals surface area contributed by atoms with Crippen molar-refractivity contribution in [2.24, 2.45) is 0 Å². The Kier molecular flexibility index (Phi) is 3.72. The van der Waals surface area contributed by atoms with Crippen LogP contribution in [0.5, 0.6) is 0 Å². The summed E-state index contributed by atoms with van der Waals surface area (Å²) in [5, 5.41) is 10.3. The van der Waals surface area contributed by atoms with Gasteiger partial charge in [0.15, 0.2) is 0 Å². The molecule has 0 bridgehead atoms. The summed E-state index contributed by atoms with van der Waals surface area (Å²) in [6.07, 6.45) is 2.41. The largest absolute Gasteiger partial charge is 0.396 e. The average Bonchev–Trinajstić information content (AvgIpc) is 2.95. The number of aromatic nitrogens is 1. The zero-order valence-electron chi connectivity index (χ0n) is 11.6. The lowest BCUT2D eigenvalue weighted by Gasteiger charge is -2.17. The fourth-order valence-electron chi connectivity index (χ4n) is 2.77. The number of aliphatic hydroxyl groups excluding tert-OH is 1. The molecule has 3 rings (SSSR count). The lowest BCUT2D eigenvalue weighted by Crippen LogP contribution is -2.03. The zero-order chi connectivity index (χ0) is 14.7. The molecular weight excluding hydrogens is 260 g/mol. The summed E-state index contributed by atoms with van der Waals surface area (Å²) in [5.41, 5.74) is 3.93. The van der Waals surface area contributed by atoms with Crippen LogP contribution in [0.15, 0.2) is 54.7 Å². The van der Waals surface area contributed by atoms with Gasteiger partial charge in [-0.1, -0.05) is 42.5 Å². The Hall–Kier alpha value is -2.57. The van der Waals surface area contributed by atoms with Gasteiger partial charge in [0, 0.05) is 29.6 Å². The summed E-state index contributed by atoms with van der Waals surface area (Å²) < 4.78 is 0. The van der Waals surface area contributed by atoms with Crippen molar-refractivity contribution in [1.82, 2.24) is 4.98 Å². The molecule has 0 aliphatic heterocycles. The predicted octanol–water partition coefficient (Wildman–Crippen LogP) is 4.23. The molecule has 3 aromatic rings. The molecule has 2 aromatic carbocycles. The lowest BCUT2D eigenvalue weighted by molar-refractivity contribution is 0.281. The van der Waals surface area contributed by atoms with Gasteiger partial charge in [-0.15, -0.1) is 0 Å². The van der Waals surface area contributed by atoms with Gasteiger partial charge < -0.3 is 10.1 Å². The van der Waals surface area contributed by atoms with Crippen LogP contribution < -0.4 is 0 Å². The van der Waals surface area contributed by atoms with Gasteiger partial charge in [0.25, 0.3) is 0 Å². The van der Waals surface area contributed by atoms with Crippen molar-refractivity contribution in [1.29, 1.82) is 0 Å². The van der Waals surface area contributed by atoms with Crippen LogP contribution in [-0.4, -0.2) is 16.7 Å². The highest BCUT2D eigenvalue weighted by Gasteiger charge is 2.15. The molecule has 2 N–H and O–H groups in total. The second-order valence-electron chi connectivity index (χ2n) is 5.07. The molecular formula is C18H16N2O. The summed E-state index contributed by atoms with van der Waals surface area (Å²) in [6, 6.07) is 16.3. The van der Waals surface area contributed by atoms with Crippen molar-refractivity contribution in [3.05, 3.63) is 77.3 Å². The number of nitrogens with one attached hydrogen (secondary N) is 1. The molecule has 1 atom stereocenters. The summed E-state index contributed by atoms with van der Waals surface area (Å²) in [7, 11) is 0. The molecule has 3 heteroatoms. The number of benzene rings is 2. The highest BCUT2D eigenvalue weighted by Crippen LogP contribution is 2.33. The molecule has 0 amide bonds. The molecule has 3 nitrogen and oxygen atoms in total. The van der Waals surface area contributed by atoms with Crippen molar-refractivity contribution < 1.29 is 5.11 Å². The molecule has 0 aliphatic carbocycles. The Balaban J connectivity index is 2.09. The van der Waals surface area contributed by atoms with E-state index < -0.39 is 0 Å². The van der Waals surface area contributed by atoms with Crippen molar-refractivity contribution >= 4 is 16.6 Å². The third-order valence-electron chi connectivity index (χ3n) is 3.83. The van der Waals surface area contributed by atoms with E-state index in [1.54, 1.807) is 6.20 Å². The maximum atomic E-state index is 9.38. The van der Waals surface area contributed by atoms with Crippen molar-refractivity contribution in [2.75, 3.05) is 6.61 Å². The van der Waals surface area contributed by atoms with Gasteiger partial charge in [-0.2, -0.15) is 0 Å². The van der Waals surface area contributed by atoms with Gasteiger partial charge in [0.1, 0.15) is 0 Å². The van der Waals surface area contributed by atoms with E-state index >= 15 is 0 Å². The summed E-state index contributed by atoms with van der Waals surface area (Å²) in [6.45, 7) is 7.37. The van der Waals surface area contributed by atoms with Crippen molar-refractivity contribution in [2.45, 2.75) is 12.3 Å². The quantitative estimate of drug-likeness (QED) is 0.688. The van der Waals surface area contributed by atoms with Crippen LogP contribution in [0, 0.1) is 6.57 Å². The number of hydrogen-bond acceptors (Lipinski definition) is 1. The van der Waals surface area contributed by atoms with Crippen LogP contribution in [0.4, 0.5) is 5.69 Å². The van der Waals surface area contributed by atoms with Gasteiger partial charge in [0.05, 0.1) is 6.57 Å². The molecule has 21 heavy (non-hydrogen) atoms. The van der Waals surface area contributed by atoms with Crippen LogP contribution in [0.2, 0.25) is 0 Å². The first kappa shape index (κ1) is 13.4. The molecule has 0 radical (unpaired) electrons. The molecule has 1 aromatic heterocycles. The smallest absolute Gasteiger partial charge is 0.211 e. The first-order chi connectivity index (χ1) is 10.3. The fraction of sp³-hybridized carbons (Fsp3) is 0.167. The second kappa shape index (κ2) is 5.82. The maximum Gasteiger partial charge on any atom is 0.211 e. The molecule has 104 valence electrons. The van der Waals surface area contributed by atoms with Gasteiger partial charge in [-0.25, -0.2) is 4.85 Å². The van der Waals surface area contributed by atoms with E-state index in [0.717, 1.165) is 16.5 Å². The van der Waals surface area contributed by atoms with Crippen molar-refractivity contribution in [3.8, 4) is 0 Å². The predicted molar refractivity (Wildman–Crippen MR) is 84.5 cm³/mol. The molecule has 0 saturated heterocycles. The topological polar surface area (TPSA) is 40.4 Å². The van der Waals surface area contributed by atoms with E-state index in [2.05, 4.69) is 34.1 Å². The first-order valence-electron chi connectivity index (χ1n) is 6.98. The minimum atomic E-state index is 0.139. The number of H-pyrrole nitrogens is 1. The van der Waals surface area contributed by atoms with Gasteiger partial charge in [-0.05, 0) is 23.6 Å². The molecule has 1 heterocycles. The Morgan fingerprint density at radius 1 is 1.10 bits per heavy atom. The zero-order valence-corrected chi connectivity index (χ0v) is 11.6. The highest BCUT2D eigenvalue weighted by atomic mass is 16.3. The molecule has 0 saturated carbocycles. The van der Waals surface area contributed by atoms with Gasteiger partial charge in [-0.3, -0.25) is 0 Å². The number of rotatable bonds is 4. The number of hydrogen-bond donors (Lipinski definition) is 2. The Labute approximate surface area is 123 Å². The number of aromatic amines is 1. The molecule has 0 fully saturated rings. The van der Waals surface area contributed by atoms with Crippen LogP contribution in [-0.2, 0) is 0 Å². The number of aliphatic hydroxyl groups is 1. The summed E-state index contributed by atoms with van der Waals surface area (Å²) in [4.78, 5) is 6.66. The van der Waals surface area contributed by atoms with E-state index in [1.165, 1.54) is 5.56 Å². The maximum absolute atomic E-state index is 9.38. The van der Waals surface area contributed by atoms with Crippen LogP contribution >= 0.6 is 0 Å². The standard InChI is InChI=1S/C18H16N2O/c1-19-18-12-20-17-8-7-14(11-16(17)18)15(9-10-21)13-5-3-2-4-6-13/h2-8,11-12,15,20-21H,9-10H2. The third-order valence-corrected chi connectivity index (χ3v) is 3.83. The molecule has 0 spiro atoms. The van der Waals surface area contributed by atoms with Gasteiger partial charge >= 0.3 is 0 Å². The van der Waals surface area contributed by atoms with Crippen LogP contribution in [0.3, 0.4) is 0 Å². The third kappa shape index (κ3) is 2.54. The Morgan fingerprint density at radius 2 is 1.90 bits per heavy atom. The second-order valence-corrected chi connectivity index (χ2v) is 5.07. The summed E-state index contributed by atoms with van der Waals surface area (Å²) >= 11 is 0. The van der Waals surface area contributed by atoms with E-state index in [4.69, 9.17) is 6.57 Å². The van der Waals surface area contributed by atoms with E-state index in [9.17, 15) is 5.11 Å². The number of nitrogens with zero attached hydrogens (tertiary/aromatic N) is 1.